The summed E-state index contributed by atoms with van der Waals surface area (Å²) in [5, 5.41) is 9.55. The van der Waals surface area contributed by atoms with Crippen molar-refractivity contribution in [2.45, 2.75) is 50.7 Å². The molecule has 2 saturated carbocycles. The average molecular weight is 303 g/mol. The van der Waals surface area contributed by atoms with E-state index >= 15 is 0 Å². The summed E-state index contributed by atoms with van der Waals surface area (Å²) in [5.74, 6) is 0.931. The minimum Gasteiger partial charge on any atom is -0.373 e. The standard InChI is InChI=1S/C17H25N3O2/c18-12-17(5-1-2-6-17)16(21)20-10-14-15(11-20)22-8-7-19(14)9-13-3-4-13/h13-15H,1-11H2/t14-,15+/m1/s1. The van der Waals surface area contributed by atoms with Gasteiger partial charge in [0.05, 0.1) is 24.8 Å². The number of carbonyl (C=O) groups is 1. The van der Waals surface area contributed by atoms with E-state index in [1.165, 1.54) is 12.8 Å². The van der Waals surface area contributed by atoms with E-state index in [4.69, 9.17) is 4.74 Å². The molecule has 2 saturated heterocycles. The van der Waals surface area contributed by atoms with Crippen LogP contribution in [0.3, 0.4) is 0 Å². The molecule has 1 amide bonds. The van der Waals surface area contributed by atoms with Gasteiger partial charge in [-0.1, -0.05) is 12.8 Å². The van der Waals surface area contributed by atoms with Crippen LogP contribution >= 0.6 is 0 Å². The highest BCUT2D eigenvalue weighted by Crippen LogP contribution is 2.40. The number of morpholine rings is 1. The van der Waals surface area contributed by atoms with Crippen LogP contribution in [0.1, 0.15) is 38.5 Å². The molecule has 0 aromatic rings. The van der Waals surface area contributed by atoms with Crippen molar-refractivity contribution in [3.63, 3.8) is 0 Å². The Kier molecular flexibility index (Phi) is 3.62. The van der Waals surface area contributed by atoms with Gasteiger partial charge in [-0.2, -0.15) is 5.26 Å². The zero-order chi connectivity index (χ0) is 15.2. The van der Waals surface area contributed by atoms with Gasteiger partial charge < -0.3 is 9.64 Å². The maximum absolute atomic E-state index is 12.9. The molecule has 4 rings (SSSR count). The first-order chi connectivity index (χ1) is 10.7. The zero-order valence-electron chi connectivity index (χ0n) is 13.2. The SMILES string of the molecule is N#CC1(C(=O)N2C[C@@H]3OCCN(CC4CC4)[C@@H]3C2)CCCC1. The minimum atomic E-state index is -0.741. The Hall–Kier alpha value is -1.12. The Morgan fingerprint density at radius 1 is 1.27 bits per heavy atom. The third-order valence-electron chi connectivity index (χ3n) is 5.97. The van der Waals surface area contributed by atoms with Crippen molar-refractivity contribution in [2.75, 3.05) is 32.8 Å². The predicted octanol–water partition coefficient (Wildman–Crippen LogP) is 1.39. The maximum Gasteiger partial charge on any atom is 0.243 e. The molecule has 0 aromatic heterocycles. The molecule has 5 nitrogen and oxygen atoms in total. The molecular formula is C17H25N3O2. The Morgan fingerprint density at radius 2 is 2.05 bits per heavy atom. The van der Waals surface area contributed by atoms with Crippen molar-refractivity contribution in [3.05, 3.63) is 0 Å². The van der Waals surface area contributed by atoms with Gasteiger partial charge >= 0.3 is 0 Å². The second-order valence-electron chi connectivity index (χ2n) is 7.53. The summed E-state index contributed by atoms with van der Waals surface area (Å²) < 4.78 is 5.93. The minimum absolute atomic E-state index is 0.0665. The van der Waals surface area contributed by atoms with Gasteiger partial charge in [0, 0.05) is 26.2 Å². The van der Waals surface area contributed by atoms with Crippen LogP contribution in [0.2, 0.25) is 0 Å². The van der Waals surface area contributed by atoms with E-state index in [9.17, 15) is 10.1 Å². The molecule has 4 aliphatic rings. The Morgan fingerprint density at radius 3 is 2.73 bits per heavy atom. The number of fused-ring (bicyclic) bond motifs is 1. The summed E-state index contributed by atoms with van der Waals surface area (Å²) in [4.78, 5) is 17.4. The summed E-state index contributed by atoms with van der Waals surface area (Å²) in [6.45, 7) is 4.35. The van der Waals surface area contributed by atoms with E-state index in [1.807, 2.05) is 4.90 Å². The van der Waals surface area contributed by atoms with Crippen LogP contribution in [0.25, 0.3) is 0 Å². The van der Waals surface area contributed by atoms with Crippen LogP contribution in [0.4, 0.5) is 0 Å². The lowest BCUT2D eigenvalue weighted by Gasteiger charge is -2.36. The molecule has 2 heterocycles. The summed E-state index contributed by atoms with van der Waals surface area (Å²) in [5.41, 5.74) is -0.741. The van der Waals surface area contributed by atoms with Crippen molar-refractivity contribution >= 4 is 5.91 Å². The van der Waals surface area contributed by atoms with Gasteiger partial charge in [0.2, 0.25) is 5.91 Å². The first-order valence-electron chi connectivity index (χ1n) is 8.78. The normalized spacial score (nSPS) is 34.4. The second kappa shape index (κ2) is 5.50. The van der Waals surface area contributed by atoms with E-state index in [2.05, 4.69) is 11.0 Å². The molecule has 0 spiro atoms. The largest absolute Gasteiger partial charge is 0.373 e. The number of rotatable bonds is 3. The van der Waals surface area contributed by atoms with Gasteiger partial charge in [0.1, 0.15) is 5.41 Å². The summed E-state index contributed by atoms with van der Waals surface area (Å²) in [6.07, 6.45) is 6.34. The zero-order valence-corrected chi connectivity index (χ0v) is 13.2. The van der Waals surface area contributed by atoms with Crippen molar-refractivity contribution in [1.29, 1.82) is 5.26 Å². The van der Waals surface area contributed by atoms with Gasteiger partial charge in [-0.05, 0) is 31.6 Å². The first kappa shape index (κ1) is 14.5. The molecule has 2 aliphatic carbocycles. The maximum atomic E-state index is 12.9. The average Bonchev–Trinajstić information content (AvgIpc) is 3.06. The van der Waals surface area contributed by atoms with Gasteiger partial charge in [0.25, 0.3) is 0 Å². The highest BCUT2D eigenvalue weighted by Gasteiger charge is 2.49. The number of nitriles is 1. The van der Waals surface area contributed by atoms with Crippen molar-refractivity contribution in [1.82, 2.24) is 9.80 Å². The molecular weight excluding hydrogens is 278 g/mol. The topological polar surface area (TPSA) is 56.6 Å². The fourth-order valence-corrected chi connectivity index (χ4v) is 4.44. The Bertz CT molecular complexity index is 491. The number of hydrogen-bond donors (Lipinski definition) is 0. The fraction of sp³-hybridized carbons (Fsp3) is 0.882. The monoisotopic (exact) mass is 303 g/mol. The third-order valence-corrected chi connectivity index (χ3v) is 5.97. The van der Waals surface area contributed by atoms with Crippen LogP contribution in [0, 0.1) is 22.7 Å². The Labute approximate surface area is 132 Å². The number of likely N-dealkylation sites (tertiary alicyclic amines) is 1. The lowest BCUT2D eigenvalue weighted by Crippen LogP contribution is -2.51. The van der Waals surface area contributed by atoms with Crippen LogP contribution in [0.15, 0.2) is 0 Å². The van der Waals surface area contributed by atoms with E-state index in [0.717, 1.165) is 57.8 Å². The van der Waals surface area contributed by atoms with E-state index < -0.39 is 5.41 Å². The van der Waals surface area contributed by atoms with E-state index in [-0.39, 0.29) is 12.0 Å². The summed E-state index contributed by atoms with van der Waals surface area (Å²) in [7, 11) is 0. The molecule has 2 aliphatic heterocycles. The summed E-state index contributed by atoms with van der Waals surface area (Å²) >= 11 is 0. The second-order valence-corrected chi connectivity index (χ2v) is 7.53. The fourth-order valence-electron chi connectivity index (χ4n) is 4.44. The molecule has 0 bridgehead atoms. The predicted molar refractivity (Wildman–Crippen MR) is 80.9 cm³/mol. The summed E-state index contributed by atoms with van der Waals surface area (Å²) in [6, 6.07) is 2.69. The third kappa shape index (κ3) is 2.43. The molecule has 4 fully saturated rings. The number of carbonyl (C=O) groups excluding carboxylic acids is 1. The van der Waals surface area contributed by atoms with Crippen LogP contribution in [-0.2, 0) is 9.53 Å². The molecule has 0 unspecified atom stereocenters. The van der Waals surface area contributed by atoms with Crippen LogP contribution in [0.5, 0.6) is 0 Å². The first-order valence-corrected chi connectivity index (χ1v) is 8.78. The smallest absolute Gasteiger partial charge is 0.243 e. The van der Waals surface area contributed by atoms with Gasteiger partial charge in [-0.15, -0.1) is 0 Å². The quantitative estimate of drug-likeness (QED) is 0.790. The van der Waals surface area contributed by atoms with Crippen molar-refractivity contribution in [2.24, 2.45) is 11.3 Å². The number of amides is 1. The number of ether oxygens (including phenoxy) is 1. The van der Waals surface area contributed by atoms with E-state index in [1.54, 1.807) is 0 Å². The van der Waals surface area contributed by atoms with Crippen molar-refractivity contribution < 1.29 is 9.53 Å². The number of hydrogen-bond acceptors (Lipinski definition) is 4. The van der Waals surface area contributed by atoms with Crippen molar-refractivity contribution in [3.8, 4) is 6.07 Å². The lowest BCUT2D eigenvalue weighted by atomic mass is 9.86. The van der Waals surface area contributed by atoms with Gasteiger partial charge in [0.15, 0.2) is 0 Å². The van der Waals surface area contributed by atoms with Gasteiger partial charge in [-0.25, -0.2) is 0 Å². The molecule has 5 heteroatoms. The molecule has 22 heavy (non-hydrogen) atoms. The van der Waals surface area contributed by atoms with E-state index in [0.29, 0.717) is 12.6 Å². The highest BCUT2D eigenvalue weighted by molar-refractivity contribution is 5.86. The Balaban J connectivity index is 1.46. The lowest BCUT2D eigenvalue weighted by molar-refractivity contribution is -0.138. The number of nitrogens with zero attached hydrogens (tertiary/aromatic N) is 3. The molecule has 2 atom stereocenters. The molecule has 0 aromatic carbocycles. The van der Waals surface area contributed by atoms with Crippen LogP contribution < -0.4 is 0 Å². The molecule has 0 radical (unpaired) electrons. The molecule has 0 N–H and O–H groups in total. The van der Waals surface area contributed by atoms with Crippen LogP contribution in [-0.4, -0.2) is 60.6 Å². The van der Waals surface area contributed by atoms with Gasteiger partial charge in [-0.3, -0.25) is 9.69 Å². The molecule has 120 valence electrons. The highest BCUT2D eigenvalue weighted by atomic mass is 16.5.